The highest BCUT2D eigenvalue weighted by molar-refractivity contribution is 7.09. The molecule has 0 spiro atoms. The van der Waals surface area contributed by atoms with Crippen molar-refractivity contribution < 1.29 is 0 Å². The van der Waals surface area contributed by atoms with Gasteiger partial charge in [-0.3, -0.25) is 4.90 Å². The molecule has 0 aliphatic heterocycles. The lowest BCUT2D eigenvalue weighted by molar-refractivity contribution is 0.230. The second-order valence-electron chi connectivity index (χ2n) is 3.87. The molecule has 0 bridgehead atoms. The van der Waals surface area contributed by atoms with Crippen LogP contribution in [0, 0.1) is 11.3 Å². The van der Waals surface area contributed by atoms with Crippen LogP contribution in [0.2, 0.25) is 0 Å². The minimum atomic E-state index is 0.526. The Balaban J connectivity index is 2.35. The van der Waals surface area contributed by atoms with E-state index in [1.807, 2.05) is 11.3 Å². The van der Waals surface area contributed by atoms with Crippen LogP contribution in [-0.2, 0) is 6.42 Å². The van der Waals surface area contributed by atoms with Crippen molar-refractivity contribution in [3.63, 3.8) is 0 Å². The Hall–Kier alpha value is -0.850. The summed E-state index contributed by atoms with van der Waals surface area (Å²) in [6.45, 7) is 6.32. The maximum Gasteiger partial charge on any atom is 0.0635 e. The largest absolute Gasteiger partial charge is 0.300 e. The van der Waals surface area contributed by atoms with Gasteiger partial charge in [0.05, 0.1) is 6.07 Å². The summed E-state index contributed by atoms with van der Waals surface area (Å²) in [6.07, 6.45) is 1.73. The van der Waals surface area contributed by atoms with Gasteiger partial charge in [-0.25, -0.2) is 0 Å². The summed E-state index contributed by atoms with van der Waals surface area (Å²) in [5.74, 6) is 0. The molecule has 1 heterocycles. The molecule has 0 atom stereocenters. The third-order valence-electron chi connectivity index (χ3n) is 2.47. The first-order valence-corrected chi connectivity index (χ1v) is 6.25. The molecule has 1 aromatic rings. The van der Waals surface area contributed by atoms with E-state index in [0.717, 1.165) is 19.5 Å². The molecule has 0 unspecified atom stereocenters. The van der Waals surface area contributed by atoms with Gasteiger partial charge in [-0.2, -0.15) is 5.26 Å². The molecule has 0 saturated carbocycles. The minimum absolute atomic E-state index is 0.526. The summed E-state index contributed by atoms with van der Waals surface area (Å²) >= 11 is 1.81. The topological polar surface area (TPSA) is 27.0 Å². The summed E-state index contributed by atoms with van der Waals surface area (Å²) in [4.78, 5) is 3.79. The first kappa shape index (κ1) is 12.2. The molecule has 15 heavy (non-hydrogen) atoms. The molecule has 0 aromatic carbocycles. The van der Waals surface area contributed by atoms with Gasteiger partial charge in [-0.15, -0.1) is 11.3 Å². The lowest BCUT2D eigenvalue weighted by Crippen LogP contribution is -2.33. The average molecular weight is 222 g/mol. The summed E-state index contributed by atoms with van der Waals surface area (Å²) in [6, 6.07) is 7.00. The van der Waals surface area contributed by atoms with Crippen molar-refractivity contribution in [1.82, 2.24) is 4.90 Å². The third kappa shape index (κ3) is 4.46. The molecule has 0 radical (unpaired) electrons. The Morgan fingerprint density at radius 3 is 2.80 bits per heavy atom. The monoisotopic (exact) mass is 222 g/mol. The van der Waals surface area contributed by atoms with Crippen molar-refractivity contribution >= 4 is 11.3 Å². The first-order chi connectivity index (χ1) is 7.24. The number of thiophene rings is 1. The second-order valence-corrected chi connectivity index (χ2v) is 4.90. The molecule has 1 rings (SSSR count). The fourth-order valence-electron chi connectivity index (χ4n) is 1.53. The smallest absolute Gasteiger partial charge is 0.0635 e. The molecule has 1 aromatic heterocycles. The first-order valence-electron chi connectivity index (χ1n) is 5.37. The van der Waals surface area contributed by atoms with Crippen molar-refractivity contribution in [2.75, 3.05) is 13.1 Å². The zero-order valence-electron chi connectivity index (χ0n) is 9.44. The number of hydrogen-bond donors (Lipinski definition) is 0. The van der Waals surface area contributed by atoms with Gasteiger partial charge in [0.15, 0.2) is 0 Å². The molecule has 2 nitrogen and oxygen atoms in total. The Bertz CT molecular complexity index is 298. The average Bonchev–Trinajstić information content (AvgIpc) is 2.70. The van der Waals surface area contributed by atoms with E-state index in [4.69, 9.17) is 5.26 Å². The Morgan fingerprint density at radius 1 is 1.47 bits per heavy atom. The van der Waals surface area contributed by atoms with E-state index in [1.165, 1.54) is 4.88 Å². The number of nitriles is 1. The fraction of sp³-hybridized carbons (Fsp3) is 0.583. The van der Waals surface area contributed by atoms with Gasteiger partial charge in [0, 0.05) is 30.4 Å². The molecular formula is C12H18N2S. The van der Waals surface area contributed by atoms with Crippen molar-refractivity contribution in [2.24, 2.45) is 0 Å². The van der Waals surface area contributed by atoms with Crippen LogP contribution in [-0.4, -0.2) is 24.0 Å². The SMILES string of the molecule is CC(C)N(CCC#N)CCc1cccs1. The van der Waals surface area contributed by atoms with E-state index in [-0.39, 0.29) is 0 Å². The van der Waals surface area contributed by atoms with E-state index in [9.17, 15) is 0 Å². The van der Waals surface area contributed by atoms with Crippen molar-refractivity contribution in [3.8, 4) is 6.07 Å². The summed E-state index contributed by atoms with van der Waals surface area (Å²) in [5.41, 5.74) is 0. The van der Waals surface area contributed by atoms with Gasteiger partial charge in [0.25, 0.3) is 0 Å². The van der Waals surface area contributed by atoms with Crippen LogP contribution >= 0.6 is 11.3 Å². The van der Waals surface area contributed by atoms with Crippen LogP contribution in [0.1, 0.15) is 25.1 Å². The van der Waals surface area contributed by atoms with Crippen LogP contribution < -0.4 is 0 Å². The van der Waals surface area contributed by atoms with Gasteiger partial charge in [-0.05, 0) is 31.7 Å². The Morgan fingerprint density at radius 2 is 2.27 bits per heavy atom. The zero-order chi connectivity index (χ0) is 11.1. The summed E-state index contributed by atoms with van der Waals surface area (Å²) < 4.78 is 0. The standard InChI is InChI=1S/C12H18N2S/c1-11(2)14(8-4-7-13)9-6-12-5-3-10-15-12/h3,5,10-11H,4,6,8-9H2,1-2H3. The van der Waals surface area contributed by atoms with E-state index < -0.39 is 0 Å². The minimum Gasteiger partial charge on any atom is -0.300 e. The van der Waals surface area contributed by atoms with Gasteiger partial charge in [0.1, 0.15) is 0 Å². The van der Waals surface area contributed by atoms with Crippen molar-refractivity contribution in [3.05, 3.63) is 22.4 Å². The molecule has 0 N–H and O–H groups in total. The summed E-state index contributed by atoms with van der Waals surface area (Å²) in [5, 5.41) is 10.7. The van der Waals surface area contributed by atoms with Gasteiger partial charge >= 0.3 is 0 Å². The van der Waals surface area contributed by atoms with Gasteiger partial charge in [0.2, 0.25) is 0 Å². The lowest BCUT2D eigenvalue weighted by Gasteiger charge is -2.25. The number of nitrogens with zero attached hydrogens (tertiary/aromatic N) is 2. The molecule has 0 aliphatic rings. The van der Waals surface area contributed by atoms with E-state index in [0.29, 0.717) is 12.5 Å². The molecule has 0 saturated heterocycles. The maximum absolute atomic E-state index is 8.57. The quantitative estimate of drug-likeness (QED) is 0.740. The van der Waals surface area contributed by atoms with Crippen molar-refractivity contribution in [2.45, 2.75) is 32.7 Å². The highest BCUT2D eigenvalue weighted by atomic mass is 32.1. The van der Waals surface area contributed by atoms with Gasteiger partial charge in [-0.1, -0.05) is 6.07 Å². The van der Waals surface area contributed by atoms with Crippen LogP contribution in [0.25, 0.3) is 0 Å². The molecule has 3 heteroatoms. The van der Waals surface area contributed by atoms with Crippen LogP contribution in [0.15, 0.2) is 17.5 Å². The lowest BCUT2D eigenvalue weighted by atomic mass is 10.2. The third-order valence-corrected chi connectivity index (χ3v) is 3.40. The molecule has 0 amide bonds. The zero-order valence-corrected chi connectivity index (χ0v) is 10.3. The molecule has 0 fully saturated rings. The number of rotatable bonds is 6. The Kier molecular flexibility index (Phi) is 5.38. The molecule has 82 valence electrons. The van der Waals surface area contributed by atoms with E-state index >= 15 is 0 Å². The predicted molar refractivity (Wildman–Crippen MR) is 65.0 cm³/mol. The molecular weight excluding hydrogens is 204 g/mol. The van der Waals surface area contributed by atoms with E-state index in [1.54, 1.807) is 0 Å². The normalized spacial score (nSPS) is 10.9. The highest BCUT2D eigenvalue weighted by Gasteiger charge is 2.08. The summed E-state index contributed by atoms with van der Waals surface area (Å²) in [7, 11) is 0. The maximum atomic E-state index is 8.57. The fourth-order valence-corrected chi connectivity index (χ4v) is 2.23. The Labute approximate surface area is 96.1 Å². The van der Waals surface area contributed by atoms with Crippen molar-refractivity contribution in [1.29, 1.82) is 5.26 Å². The predicted octanol–water partition coefficient (Wildman–Crippen LogP) is 2.91. The second kappa shape index (κ2) is 6.60. The van der Waals surface area contributed by atoms with Crippen LogP contribution in [0.3, 0.4) is 0 Å². The molecule has 0 aliphatic carbocycles. The van der Waals surface area contributed by atoms with Crippen LogP contribution in [0.5, 0.6) is 0 Å². The number of hydrogen-bond acceptors (Lipinski definition) is 3. The highest BCUT2D eigenvalue weighted by Crippen LogP contribution is 2.11. The van der Waals surface area contributed by atoms with Crippen LogP contribution in [0.4, 0.5) is 0 Å². The van der Waals surface area contributed by atoms with Gasteiger partial charge < -0.3 is 0 Å². The van der Waals surface area contributed by atoms with E-state index in [2.05, 4.69) is 42.3 Å².